The van der Waals surface area contributed by atoms with Crippen LogP contribution in [0.1, 0.15) is 29.5 Å². The Hall–Kier alpha value is -3.68. The highest BCUT2D eigenvalue weighted by Gasteiger charge is 2.34. The molecule has 1 amide bonds. The fraction of sp³-hybridized carbons (Fsp3) is 0.276. The summed E-state index contributed by atoms with van der Waals surface area (Å²) >= 11 is 0. The van der Waals surface area contributed by atoms with Crippen molar-refractivity contribution in [3.8, 4) is 0 Å². The molecule has 0 aromatic heterocycles. The van der Waals surface area contributed by atoms with Crippen LogP contribution in [0, 0.1) is 0 Å². The van der Waals surface area contributed by atoms with E-state index in [4.69, 9.17) is 4.74 Å². The molecule has 2 atom stereocenters. The molecule has 0 saturated carbocycles. The predicted molar refractivity (Wildman–Crippen MR) is 144 cm³/mol. The van der Waals surface area contributed by atoms with Crippen LogP contribution in [-0.4, -0.2) is 41.6 Å². The Labute approximate surface area is 222 Å². The Morgan fingerprint density at radius 2 is 1.57 bits per heavy atom. The number of hydrogen-bond donors (Lipinski definition) is 2. The van der Waals surface area contributed by atoms with Crippen LogP contribution in [0.3, 0.4) is 0 Å². The first-order valence-electron chi connectivity index (χ1n) is 12.1. The first-order chi connectivity index (χ1) is 17.5. The number of rotatable bonds is 10. The SMILES string of the molecule is Cl.O=C(O)CN1C(=O)C(NC(CCc2ccccc2)C(=O)OCc2ccccc2)CCc2ccccc21. The molecule has 0 saturated heterocycles. The lowest BCUT2D eigenvalue weighted by Crippen LogP contribution is -2.53. The van der Waals surface area contributed by atoms with Crippen molar-refractivity contribution < 1.29 is 24.2 Å². The molecule has 2 N–H and O–H groups in total. The first-order valence-corrected chi connectivity index (χ1v) is 12.1. The summed E-state index contributed by atoms with van der Waals surface area (Å²) in [6.07, 6.45) is 2.09. The summed E-state index contributed by atoms with van der Waals surface area (Å²) in [6.45, 7) is -0.306. The molecule has 8 heteroatoms. The molecular weight excluding hydrogens is 492 g/mol. The molecule has 3 aromatic rings. The van der Waals surface area contributed by atoms with E-state index in [9.17, 15) is 19.5 Å². The summed E-state index contributed by atoms with van der Waals surface area (Å²) in [5.41, 5.74) is 3.46. The maximum Gasteiger partial charge on any atom is 0.323 e. The van der Waals surface area contributed by atoms with Crippen LogP contribution in [0.25, 0.3) is 0 Å². The normalized spacial score (nSPS) is 15.6. The number of esters is 1. The summed E-state index contributed by atoms with van der Waals surface area (Å²) < 4.78 is 5.62. The van der Waals surface area contributed by atoms with Crippen molar-refractivity contribution in [2.45, 2.75) is 44.4 Å². The van der Waals surface area contributed by atoms with E-state index in [1.807, 2.05) is 72.8 Å². The van der Waals surface area contributed by atoms with Crippen LogP contribution >= 0.6 is 12.4 Å². The van der Waals surface area contributed by atoms with Crippen molar-refractivity contribution in [3.63, 3.8) is 0 Å². The average molecular weight is 523 g/mol. The van der Waals surface area contributed by atoms with Gasteiger partial charge >= 0.3 is 11.9 Å². The largest absolute Gasteiger partial charge is 0.480 e. The third-order valence-electron chi connectivity index (χ3n) is 6.32. The van der Waals surface area contributed by atoms with Gasteiger partial charge in [-0.15, -0.1) is 12.4 Å². The number of anilines is 1. The Bertz CT molecular complexity index is 1190. The molecule has 0 radical (unpaired) electrons. The molecule has 3 aromatic carbocycles. The molecule has 1 aliphatic rings. The smallest absolute Gasteiger partial charge is 0.323 e. The minimum atomic E-state index is -1.10. The number of ether oxygens (including phenoxy) is 1. The van der Waals surface area contributed by atoms with Crippen LogP contribution in [-0.2, 0) is 38.6 Å². The van der Waals surface area contributed by atoms with Gasteiger partial charge in [-0.2, -0.15) is 0 Å². The maximum absolute atomic E-state index is 13.5. The molecule has 2 unspecified atom stereocenters. The van der Waals surface area contributed by atoms with Crippen LogP contribution < -0.4 is 10.2 Å². The number of benzene rings is 3. The van der Waals surface area contributed by atoms with Crippen LogP contribution in [0.4, 0.5) is 5.69 Å². The van der Waals surface area contributed by atoms with Crippen molar-refractivity contribution in [1.82, 2.24) is 5.32 Å². The topological polar surface area (TPSA) is 95.9 Å². The molecule has 0 bridgehead atoms. The monoisotopic (exact) mass is 522 g/mol. The number of fused-ring (bicyclic) bond motifs is 1. The zero-order valence-corrected chi connectivity index (χ0v) is 21.2. The highest BCUT2D eigenvalue weighted by molar-refractivity contribution is 6.02. The average Bonchev–Trinajstić information content (AvgIpc) is 3.02. The summed E-state index contributed by atoms with van der Waals surface area (Å²) in [4.78, 5) is 39.5. The maximum atomic E-state index is 13.5. The Kier molecular flexibility index (Phi) is 10.2. The van der Waals surface area contributed by atoms with Gasteiger partial charge in [-0.25, -0.2) is 0 Å². The summed E-state index contributed by atoms with van der Waals surface area (Å²) in [5.74, 6) is -1.89. The molecule has 4 rings (SSSR count). The second kappa shape index (κ2) is 13.6. The van der Waals surface area contributed by atoms with Gasteiger partial charge in [-0.1, -0.05) is 78.9 Å². The second-order valence-electron chi connectivity index (χ2n) is 8.87. The number of carboxylic acid groups (broad SMARTS) is 1. The van der Waals surface area contributed by atoms with E-state index < -0.39 is 30.6 Å². The zero-order chi connectivity index (χ0) is 25.3. The second-order valence-corrected chi connectivity index (χ2v) is 8.87. The van der Waals surface area contributed by atoms with Crippen molar-refractivity contribution >= 4 is 35.9 Å². The summed E-state index contributed by atoms with van der Waals surface area (Å²) in [7, 11) is 0. The minimum absolute atomic E-state index is 0. The standard InChI is InChI=1S/C29H30N2O5.ClH/c32-27(33)19-31-26-14-8-7-13-23(26)16-18-24(28(31)34)30-25(17-15-21-9-3-1-4-10-21)29(35)36-20-22-11-5-2-6-12-22;/h1-14,24-25,30H,15-20H2,(H,32,33);1H. The Morgan fingerprint density at radius 1 is 0.946 bits per heavy atom. The van der Waals surface area contributed by atoms with Crippen LogP contribution in [0.5, 0.6) is 0 Å². The number of halogens is 1. The fourth-order valence-electron chi connectivity index (χ4n) is 4.47. The summed E-state index contributed by atoms with van der Waals surface area (Å²) in [6, 6.07) is 25.1. The molecule has 1 aliphatic heterocycles. The number of nitrogens with zero attached hydrogens (tertiary/aromatic N) is 1. The fourth-order valence-corrected chi connectivity index (χ4v) is 4.47. The lowest BCUT2D eigenvalue weighted by Gasteiger charge is -2.27. The predicted octanol–water partition coefficient (Wildman–Crippen LogP) is 4.18. The molecule has 0 fully saturated rings. The Balaban J connectivity index is 0.00000380. The third-order valence-corrected chi connectivity index (χ3v) is 6.32. The zero-order valence-electron chi connectivity index (χ0n) is 20.4. The number of aliphatic carboxylic acids is 1. The first kappa shape index (κ1) is 27.9. The van der Waals surface area contributed by atoms with Gasteiger partial charge in [0.2, 0.25) is 5.91 Å². The number of carbonyl (C=O) groups excluding carboxylic acids is 2. The molecule has 7 nitrogen and oxygen atoms in total. The minimum Gasteiger partial charge on any atom is -0.480 e. The number of para-hydroxylation sites is 1. The number of carboxylic acids is 1. The van der Waals surface area contributed by atoms with Gasteiger partial charge in [0, 0.05) is 5.69 Å². The number of carbonyl (C=O) groups is 3. The number of aryl methyl sites for hydroxylation is 2. The van der Waals surface area contributed by atoms with Crippen LogP contribution in [0.2, 0.25) is 0 Å². The highest BCUT2D eigenvalue weighted by Crippen LogP contribution is 2.27. The van der Waals surface area contributed by atoms with E-state index in [1.54, 1.807) is 12.1 Å². The van der Waals surface area contributed by atoms with Gasteiger partial charge in [0.05, 0.1) is 6.04 Å². The van der Waals surface area contributed by atoms with Gasteiger partial charge in [0.15, 0.2) is 0 Å². The van der Waals surface area contributed by atoms with E-state index in [1.165, 1.54) is 4.90 Å². The van der Waals surface area contributed by atoms with Crippen molar-refractivity contribution in [3.05, 3.63) is 102 Å². The molecule has 0 spiro atoms. The summed E-state index contributed by atoms with van der Waals surface area (Å²) in [5, 5.41) is 12.7. The highest BCUT2D eigenvalue weighted by atomic mass is 35.5. The van der Waals surface area contributed by atoms with E-state index in [-0.39, 0.29) is 24.9 Å². The van der Waals surface area contributed by atoms with E-state index >= 15 is 0 Å². The lowest BCUT2D eigenvalue weighted by molar-refractivity contribution is -0.148. The van der Waals surface area contributed by atoms with E-state index in [2.05, 4.69) is 5.32 Å². The van der Waals surface area contributed by atoms with Gasteiger partial charge in [-0.3, -0.25) is 24.6 Å². The Morgan fingerprint density at radius 3 is 2.24 bits per heavy atom. The van der Waals surface area contributed by atoms with E-state index in [0.717, 1.165) is 16.7 Å². The van der Waals surface area contributed by atoms with Crippen molar-refractivity contribution in [2.24, 2.45) is 0 Å². The van der Waals surface area contributed by atoms with Gasteiger partial charge < -0.3 is 9.84 Å². The number of nitrogens with one attached hydrogen (secondary N) is 1. The van der Waals surface area contributed by atoms with Gasteiger partial charge in [0.1, 0.15) is 19.2 Å². The molecule has 0 aliphatic carbocycles. The third kappa shape index (κ3) is 7.65. The van der Waals surface area contributed by atoms with Crippen molar-refractivity contribution in [1.29, 1.82) is 0 Å². The van der Waals surface area contributed by atoms with Gasteiger partial charge in [-0.05, 0) is 48.4 Å². The lowest BCUT2D eigenvalue weighted by atomic mass is 10.0. The number of amides is 1. The quantitative estimate of drug-likeness (QED) is 0.388. The van der Waals surface area contributed by atoms with Gasteiger partial charge in [0.25, 0.3) is 0 Å². The van der Waals surface area contributed by atoms with Crippen LogP contribution in [0.15, 0.2) is 84.9 Å². The molecular formula is C29H31ClN2O5. The van der Waals surface area contributed by atoms with Crippen molar-refractivity contribution in [2.75, 3.05) is 11.4 Å². The molecule has 37 heavy (non-hydrogen) atoms. The molecule has 194 valence electrons. The molecule has 1 heterocycles. The number of hydrogen-bond acceptors (Lipinski definition) is 5. The van der Waals surface area contributed by atoms with E-state index in [0.29, 0.717) is 31.4 Å².